The third-order valence-electron chi connectivity index (χ3n) is 4.77. The summed E-state index contributed by atoms with van der Waals surface area (Å²) in [5, 5.41) is 3.40. The Balaban J connectivity index is 1.68. The van der Waals surface area contributed by atoms with E-state index in [1.807, 2.05) is 12.1 Å². The highest BCUT2D eigenvalue weighted by atomic mass is 16.2. The SMILES string of the molecule is CCc1ccc(C(=O)N(CC2CCNCC2)C2CC2)cc1. The summed E-state index contributed by atoms with van der Waals surface area (Å²) in [5.74, 6) is 0.907. The molecule has 3 heteroatoms. The lowest BCUT2D eigenvalue weighted by atomic mass is 9.97. The lowest BCUT2D eigenvalue weighted by Gasteiger charge is -2.30. The molecule has 0 spiro atoms. The number of hydrogen-bond acceptors (Lipinski definition) is 2. The molecule has 1 aromatic rings. The van der Waals surface area contributed by atoms with Crippen LogP contribution < -0.4 is 5.32 Å². The van der Waals surface area contributed by atoms with Crippen molar-refractivity contribution in [1.82, 2.24) is 10.2 Å². The van der Waals surface area contributed by atoms with Crippen LogP contribution in [0.1, 0.15) is 48.5 Å². The molecule has 0 aromatic heterocycles. The first-order valence-electron chi connectivity index (χ1n) is 8.38. The van der Waals surface area contributed by atoms with Gasteiger partial charge in [-0.3, -0.25) is 4.79 Å². The molecule has 1 saturated carbocycles. The lowest BCUT2D eigenvalue weighted by Crippen LogP contribution is -2.40. The minimum atomic E-state index is 0.235. The summed E-state index contributed by atoms with van der Waals surface area (Å²) in [4.78, 5) is 15.0. The molecule has 114 valence electrons. The standard InChI is InChI=1S/C18H26N2O/c1-2-14-3-5-16(6-4-14)18(21)20(17-7-8-17)13-15-9-11-19-12-10-15/h3-6,15,17,19H,2,7-13H2,1H3. The topological polar surface area (TPSA) is 32.3 Å². The fourth-order valence-electron chi connectivity index (χ4n) is 3.18. The van der Waals surface area contributed by atoms with E-state index < -0.39 is 0 Å². The number of amides is 1. The molecule has 1 aliphatic carbocycles. The molecule has 21 heavy (non-hydrogen) atoms. The van der Waals surface area contributed by atoms with Crippen molar-refractivity contribution >= 4 is 5.91 Å². The number of nitrogens with zero attached hydrogens (tertiary/aromatic N) is 1. The van der Waals surface area contributed by atoms with Crippen LogP contribution in [0.4, 0.5) is 0 Å². The van der Waals surface area contributed by atoms with E-state index in [0.717, 1.165) is 31.6 Å². The van der Waals surface area contributed by atoms with Crippen molar-refractivity contribution in [2.45, 2.75) is 45.1 Å². The van der Waals surface area contributed by atoms with Crippen LogP contribution >= 0.6 is 0 Å². The first-order chi connectivity index (χ1) is 10.3. The van der Waals surface area contributed by atoms with Gasteiger partial charge in [0.05, 0.1) is 0 Å². The second kappa shape index (κ2) is 6.61. The number of carbonyl (C=O) groups is 1. The van der Waals surface area contributed by atoms with Gasteiger partial charge in [-0.1, -0.05) is 19.1 Å². The lowest BCUT2D eigenvalue weighted by molar-refractivity contribution is 0.0701. The predicted octanol–water partition coefficient (Wildman–Crippen LogP) is 2.85. The van der Waals surface area contributed by atoms with Crippen molar-refractivity contribution in [1.29, 1.82) is 0 Å². The number of hydrogen-bond donors (Lipinski definition) is 1. The minimum absolute atomic E-state index is 0.235. The van der Waals surface area contributed by atoms with Crippen LogP contribution in [-0.2, 0) is 6.42 Å². The Morgan fingerprint density at radius 1 is 1.14 bits per heavy atom. The Morgan fingerprint density at radius 3 is 2.38 bits per heavy atom. The number of nitrogens with one attached hydrogen (secondary N) is 1. The molecule has 0 bridgehead atoms. The average molecular weight is 286 g/mol. The average Bonchev–Trinajstić information content (AvgIpc) is 3.38. The molecule has 0 radical (unpaired) electrons. The van der Waals surface area contributed by atoms with Crippen molar-refractivity contribution in [2.75, 3.05) is 19.6 Å². The van der Waals surface area contributed by atoms with Crippen LogP contribution in [0.5, 0.6) is 0 Å². The Hall–Kier alpha value is -1.35. The zero-order chi connectivity index (χ0) is 14.7. The van der Waals surface area contributed by atoms with Gasteiger partial charge in [-0.2, -0.15) is 0 Å². The van der Waals surface area contributed by atoms with Crippen LogP contribution in [0.15, 0.2) is 24.3 Å². The largest absolute Gasteiger partial charge is 0.335 e. The second-order valence-corrected chi connectivity index (χ2v) is 6.43. The zero-order valence-electron chi connectivity index (χ0n) is 13.0. The summed E-state index contributed by atoms with van der Waals surface area (Å²) in [6.07, 6.45) is 5.79. The van der Waals surface area contributed by atoms with Crippen LogP contribution in [0.3, 0.4) is 0 Å². The normalized spacial score (nSPS) is 19.5. The van der Waals surface area contributed by atoms with Crippen molar-refractivity contribution in [3.63, 3.8) is 0 Å². The molecule has 1 N–H and O–H groups in total. The van der Waals surface area contributed by atoms with Gasteiger partial charge in [-0.05, 0) is 68.8 Å². The summed E-state index contributed by atoms with van der Waals surface area (Å²) in [6, 6.07) is 8.67. The summed E-state index contributed by atoms with van der Waals surface area (Å²) >= 11 is 0. The highest BCUT2D eigenvalue weighted by Crippen LogP contribution is 2.30. The Kier molecular flexibility index (Phi) is 4.59. The first kappa shape index (κ1) is 14.6. The third-order valence-corrected chi connectivity index (χ3v) is 4.77. The zero-order valence-corrected chi connectivity index (χ0v) is 13.0. The van der Waals surface area contributed by atoms with E-state index in [-0.39, 0.29) is 5.91 Å². The molecule has 3 nitrogen and oxygen atoms in total. The fraction of sp³-hybridized carbons (Fsp3) is 0.611. The molecule has 1 heterocycles. The van der Waals surface area contributed by atoms with Gasteiger partial charge in [0, 0.05) is 18.2 Å². The van der Waals surface area contributed by atoms with Gasteiger partial charge in [0.2, 0.25) is 0 Å². The highest BCUT2D eigenvalue weighted by molar-refractivity contribution is 5.94. The number of benzene rings is 1. The summed E-state index contributed by atoms with van der Waals surface area (Å²) in [5.41, 5.74) is 2.15. The maximum absolute atomic E-state index is 12.8. The first-order valence-corrected chi connectivity index (χ1v) is 8.38. The van der Waals surface area contributed by atoms with E-state index in [4.69, 9.17) is 0 Å². The molecule has 0 unspecified atom stereocenters. The third kappa shape index (κ3) is 3.65. The molecule has 0 atom stereocenters. The van der Waals surface area contributed by atoms with E-state index in [9.17, 15) is 4.79 Å². The molecular formula is C18H26N2O. The number of carbonyl (C=O) groups excluding carboxylic acids is 1. The van der Waals surface area contributed by atoms with Gasteiger partial charge >= 0.3 is 0 Å². The summed E-state index contributed by atoms with van der Waals surface area (Å²) in [7, 11) is 0. The summed E-state index contributed by atoms with van der Waals surface area (Å²) < 4.78 is 0. The summed E-state index contributed by atoms with van der Waals surface area (Å²) in [6.45, 7) is 5.29. The number of piperidine rings is 1. The second-order valence-electron chi connectivity index (χ2n) is 6.43. The van der Waals surface area contributed by atoms with Gasteiger partial charge in [0.25, 0.3) is 5.91 Å². The molecule has 2 fully saturated rings. The molecular weight excluding hydrogens is 260 g/mol. The Labute approximate surface area is 127 Å². The van der Waals surface area contributed by atoms with E-state index >= 15 is 0 Å². The van der Waals surface area contributed by atoms with E-state index in [1.165, 1.54) is 31.2 Å². The van der Waals surface area contributed by atoms with Gasteiger partial charge < -0.3 is 10.2 Å². The van der Waals surface area contributed by atoms with Crippen molar-refractivity contribution in [3.05, 3.63) is 35.4 Å². The molecule has 3 rings (SSSR count). The molecule has 1 aromatic carbocycles. The fourth-order valence-corrected chi connectivity index (χ4v) is 3.18. The van der Waals surface area contributed by atoms with E-state index in [2.05, 4.69) is 29.3 Å². The highest BCUT2D eigenvalue weighted by Gasteiger charge is 2.34. The van der Waals surface area contributed by atoms with E-state index in [1.54, 1.807) is 0 Å². The van der Waals surface area contributed by atoms with Crippen molar-refractivity contribution < 1.29 is 4.79 Å². The molecule has 1 saturated heterocycles. The van der Waals surface area contributed by atoms with Crippen LogP contribution in [0, 0.1) is 5.92 Å². The Morgan fingerprint density at radius 2 is 1.81 bits per heavy atom. The van der Waals surface area contributed by atoms with Crippen molar-refractivity contribution in [3.8, 4) is 0 Å². The van der Waals surface area contributed by atoms with Crippen LogP contribution in [0.2, 0.25) is 0 Å². The monoisotopic (exact) mass is 286 g/mol. The molecule has 2 aliphatic rings. The number of rotatable bonds is 5. The molecule has 1 amide bonds. The van der Waals surface area contributed by atoms with Crippen LogP contribution in [0.25, 0.3) is 0 Å². The van der Waals surface area contributed by atoms with Crippen LogP contribution in [-0.4, -0.2) is 36.5 Å². The van der Waals surface area contributed by atoms with Gasteiger partial charge in [-0.25, -0.2) is 0 Å². The molecule has 1 aliphatic heterocycles. The Bertz CT molecular complexity index is 472. The minimum Gasteiger partial charge on any atom is -0.335 e. The number of aryl methyl sites for hydroxylation is 1. The van der Waals surface area contributed by atoms with Gasteiger partial charge in [-0.15, -0.1) is 0 Å². The maximum Gasteiger partial charge on any atom is 0.254 e. The quantitative estimate of drug-likeness (QED) is 0.902. The predicted molar refractivity (Wildman–Crippen MR) is 85.5 cm³/mol. The van der Waals surface area contributed by atoms with Gasteiger partial charge in [0.15, 0.2) is 0 Å². The van der Waals surface area contributed by atoms with E-state index in [0.29, 0.717) is 12.0 Å². The smallest absolute Gasteiger partial charge is 0.254 e. The van der Waals surface area contributed by atoms with Crippen molar-refractivity contribution in [2.24, 2.45) is 5.92 Å². The maximum atomic E-state index is 12.8. The van der Waals surface area contributed by atoms with Gasteiger partial charge in [0.1, 0.15) is 0 Å².